The minimum Gasteiger partial charge on any atom is -0.486 e. The van der Waals surface area contributed by atoms with E-state index in [1.54, 1.807) is 0 Å². The van der Waals surface area contributed by atoms with Gasteiger partial charge in [-0.05, 0) is 63.0 Å². The molecule has 3 heteroatoms. The molecule has 1 aromatic carbocycles. The summed E-state index contributed by atoms with van der Waals surface area (Å²) >= 11 is 0. The van der Waals surface area contributed by atoms with Crippen LogP contribution in [0.5, 0.6) is 11.5 Å². The van der Waals surface area contributed by atoms with Gasteiger partial charge in [0.1, 0.15) is 13.2 Å². The molecule has 0 atom stereocenters. The topological polar surface area (TPSA) is 21.7 Å². The van der Waals surface area contributed by atoms with Gasteiger partial charge >= 0.3 is 0 Å². The number of terminal acetylenes is 1. The summed E-state index contributed by atoms with van der Waals surface area (Å²) in [5.41, 5.74) is 1.36. The lowest BCUT2D eigenvalue weighted by Crippen LogP contribution is -2.20. The van der Waals surface area contributed by atoms with Gasteiger partial charge in [0.2, 0.25) is 0 Å². The lowest BCUT2D eigenvalue weighted by Gasteiger charge is -2.19. The van der Waals surface area contributed by atoms with Crippen LogP contribution in [0.4, 0.5) is 0 Å². The van der Waals surface area contributed by atoms with Crippen molar-refractivity contribution in [3.8, 4) is 24.3 Å². The Balaban J connectivity index is 0.000000704. The third kappa shape index (κ3) is 3.91. The predicted molar refractivity (Wildman–Crippen MR) is 81.3 cm³/mol. The first-order valence-corrected chi connectivity index (χ1v) is 7.36. The third-order valence-electron chi connectivity index (χ3n) is 3.75. The summed E-state index contributed by atoms with van der Waals surface area (Å²) in [5.74, 6) is 1.81. The number of hydrogen-bond acceptors (Lipinski definition) is 3. The van der Waals surface area contributed by atoms with Crippen molar-refractivity contribution in [2.75, 3.05) is 32.8 Å². The molecule has 0 aliphatic carbocycles. The summed E-state index contributed by atoms with van der Waals surface area (Å²) in [6.45, 7) is 5.16. The first kappa shape index (κ1) is 14.7. The molecule has 2 aliphatic rings. The van der Waals surface area contributed by atoms with Crippen molar-refractivity contribution in [3.05, 3.63) is 23.8 Å². The van der Waals surface area contributed by atoms with Crippen LogP contribution in [0.25, 0.3) is 0 Å². The van der Waals surface area contributed by atoms with Crippen LogP contribution in [0, 0.1) is 12.8 Å². The van der Waals surface area contributed by atoms with Crippen LogP contribution >= 0.6 is 0 Å². The SMILES string of the molecule is C#C.c1cc2c(cc1CCCN1CCCC1)OCCO2. The Kier molecular flexibility index (Phi) is 5.76. The molecule has 0 spiro atoms. The van der Waals surface area contributed by atoms with Crippen LogP contribution in [0.3, 0.4) is 0 Å². The van der Waals surface area contributed by atoms with E-state index < -0.39 is 0 Å². The fourth-order valence-electron chi connectivity index (χ4n) is 2.76. The molecule has 0 bridgehead atoms. The van der Waals surface area contributed by atoms with E-state index in [9.17, 15) is 0 Å². The molecule has 1 aromatic rings. The maximum Gasteiger partial charge on any atom is 0.161 e. The normalized spacial score (nSPS) is 17.3. The van der Waals surface area contributed by atoms with Gasteiger partial charge in [-0.2, -0.15) is 0 Å². The number of aryl methyl sites for hydroxylation is 1. The highest BCUT2D eigenvalue weighted by Gasteiger charge is 2.13. The molecule has 20 heavy (non-hydrogen) atoms. The van der Waals surface area contributed by atoms with Crippen molar-refractivity contribution in [1.82, 2.24) is 4.90 Å². The minimum absolute atomic E-state index is 0.668. The average molecular weight is 273 g/mol. The number of fused-ring (bicyclic) bond motifs is 1. The molecule has 3 nitrogen and oxygen atoms in total. The molecule has 2 aliphatic heterocycles. The number of benzene rings is 1. The maximum atomic E-state index is 5.61. The monoisotopic (exact) mass is 273 g/mol. The van der Waals surface area contributed by atoms with Crippen LogP contribution in [-0.4, -0.2) is 37.7 Å². The van der Waals surface area contributed by atoms with Crippen molar-refractivity contribution < 1.29 is 9.47 Å². The van der Waals surface area contributed by atoms with Gasteiger partial charge in [0.05, 0.1) is 0 Å². The molecule has 108 valence electrons. The molecular formula is C17H23NO2. The van der Waals surface area contributed by atoms with Gasteiger partial charge in [-0.3, -0.25) is 0 Å². The lowest BCUT2D eigenvalue weighted by molar-refractivity contribution is 0.171. The van der Waals surface area contributed by atoms with Crippen molar-refractivity contribution >= 4 is 0 Å². The zero-order chi connectivity index (χ0) is 14.2. The molecule has 2 heterocycles. The van der Waals surface area contributed by atoms with Gasteiger partial charge in [0.25, 0.3) is 0 Å². The van der Waals surface area contributed by atoms with E-state index in [1.165, 1.54) is 44.5 Å². The molecule has 0 aromatic heterocycles. The van der Waals surface area contributed by atoms with Gasteiger partial charge in [-0.25, -0.2) is 0 Å². The Hall–Kier alpha value is -1.66. The number of nitrogens with zero attached hydrogens (tertiary/aromatic N) is 1. The number of ether oxygens (including phenoxy) is 2. The highest BCUT2D eigenvalue weighted by atomic mass is 16.6. The first-order chi connectivity index (χ1) is 9.92. The van der Waals surface area contributed by atoms with Crippen molar-refractivity contribution in [2.24, 2.45) is 0 Å². The van der Waals surface area contributed by atoms with E-state index in [0.717, 1.165) is 17.9 Å². The third-order valence-corrected chi connectivity index (χ3v) is 3.75. The molecule has 1 saturated heterocycles. The largest absolute Gasteiger partial charge is 0.486 e. The fourth-order valence-corrected chi connectivity index (χ4v) is 2.76. The van der Waals surface area contributed by atoms with E-state index in [0.29, 0.717) is 13.2 Å². The van der Waals surface area contributed by atoms with E-state index in [1.807, 2.05) is 6.07 Å². The smallest absolute Gasteiger partial charge is 0.161 e. The molecule has 0 amide bonds. The summed E-state index contributed by atoms with van der Waals surface area (Å²) in [6.07, 6.45) is 13.1. The Bertz CT molecular complexity index is 436. The second-order valence-corrected chi connectivity index (χ2v) is 5.13. The molecule has 1 fully saturated rings. The van der Waals surface area contributed by atoms with Crippen molar-refractivity contribution in [3.63, 3.8) is 0 Å². The molecular weight excluding hydrogens is 250 g/mol. The lowest BCUT2D eigenvalue weighted by atomic mass is 10.1. The summed E-state index contributed by atoms with van der Waals surface area (Å²) < 4.78 is 11.1. The molecule has 0 radical (unpaired) electrons. The van der Waals surface area contributed by atoms with Gasteiger partial charge < -0.3 is 14.4 Å². The van der Waals surface area contributed by atoms with E-state index >= 15 is 0 Å². The molecule has 3 rings (SSSR count). The van der Waals surface area contributed by atoms with Crippen LogP contribution in [0.15, 0.2) is 18.2 Å². The summed E-state index contributed by atoms with van der Waals surface area (Å²) in [5, 5.41) is 0. The second kappa shape index (κ2) is 7.81. The van der Waals surface area contributed by atoms with Crippen LogP contribution in [0.2, 0.25) is 0 Å². The highest BCUT2D eigenvalue weighted by Crippen LogP contribution is 2.31. The van der Waals surface area contributed by atoms with E-state index in [2.05, 4.69) is 29.9 Å². The number of hydrogen-bond donors (Lipinski definition) is 0. The number of rotatable bonds is 4. The predicted octanol–water partition coefficient (Wildman–Crippen LogP) is 2.74. The molecule has 0 unspecified atom stereocenters. The Morgan fingerprint density at radius 3 is 2.45 bits per heavy atom. The van der Waals surface area contributed by atoms with Gasteiger partial charge in [0, 0.05) is 0 Å². The van der Waals surface area contributed by atoms with Crippen LogP contribution < -0.4 is 9.47 Å². The maximum absolute atomic E-state index is 5.61. The van der Waals surface area contributed by atoms with Gasteiger partial charge in [-0.1, -0.05) is 6.07 Å². The van der Waals surface area contributed by atoms with E-state index in [-0.39, 0.29) is 0 Å². The minimum atomic E-state index is 0.668. The van der Waals surface area contributed by atoms with Gasteiger partial charge in [0.15, 0.2) is 11.5 Å². The van der Waals surface area contributed by atoms with Crippen molar-refractivity contribution in [1.29, 1.82) is 0 Å². The first-order valence-electron chi connectivity index (χ1n) is 7.36. The highest BCUT2D eigenvalue weighted by molar-refractivity contribution is 5.43. The average Bonchev–Trinajstić information content (AvgIpc) is 3.02. The summed E-state index contributed by atoms with van der Waals surface area (Å²) in [4.78, 5) is 2.57. The fraction of sp³-hybridized carbons (Fsp3) is 0.529. The van der Waals surface area contributed by atoms with Crippen LogP contribution in [-0.2, 0) is 6.42 Å². The second-order valence-electron chi connectivity index (χ2n) is 5.13. The molecule has 0 saturated carbocycles. The van der Waals surface area contributed by atoms with Gasteiger partial charge in [-0.15, -0.1) is 12.8 Å². The van der Waals surface area contributed by atoms with E-state index in [4.69, 9.17) is 9.47 Å². The van der Waals surface area contributed by atoms with Crippen LogP contribution in [0.1, 0.15) is 24.8 Å². The zero-order valence-corrected chi connectivity index (χ0v) is 12.0. The number of likely N-dealkylation sites (tertiary alicyclic amines) is 1. The zero-order valence-electron chi connectivity index (χ0n) is 12.0. The Morgan fingerprint density at radius 1 is 1.00 bits per heavy atom. The summed E-state index contributed by atoms with van der Waals surface area (Å²) in [7, 11) is 0. The standard InChI is InChI=1S/C15H21NO2.C2H2/c1-2-8-16(7-1)9-3-4-13-5-6-14-15(12-13)18-11-10-17-14;1-2/h5-6,12H,1-4,7-11H2;1-2H. The quantitative estimate of drug-likeness (QED) is 0.787. The Labute approximate surface area is 121 Å². The molecule has 0 N–H and O–H groups in total. The Morgan fingerprint density at radius 2 is 1.70 bits per heavy atom. The summed E-state index contributed by atoms with van der Waals surface area (Å²) in [6, 6.07) is 6.34. The van der Waals surface area contributed by atoms with Crippen molar-refractivity contribution in [2.45, 2.75) is 25.7 Å².